The molecular weight excluding hydrogens is 592 g/mol. The zero-order valence-electron chi connectivity index (χ0n) is 24.8. The summed E-state index contributed by atoms with van der Waals surface area (Å²) in [7, 11) is 0. The summed E-state index contributed by atoms with van der Waals surface area (Å²) >= 11 is 0. The van der Waals surface area contributed by atoms with Gasteiger partial charge in [-0.15, -0.1) is 0 Å². The van der Waals surface area contributed by atoms with Crippen LogP contribution in [0.2, 0.25) is 0 Å². The second kappa shape index (κ2) is 15.2. The predicted molar refractivity (Wildman–Crippen MR) is 169 cm³/mol. The molecule has 0 aliphatic carbocycles. The number of fused-ring (bicyclic) bond motifs is 3. The molecule has 236 valence electrons. The quantitative estimate of drug-likeness (QED) is 0.0994. The molecule has 0 aliphatic rings. The summed E-state index contributed by atoms with van der Waals surface area (Å²) in [4.78, 5) is 61.7. The Morgan fingerprint density at radius 1 is 0.717 bits per heavy atom. The van der Waals surface area contributed by atoms with Crippen molar-refractivity contribution < 1.29 is 39.3 Å². The Bertz CT molecular complexity index is 1840. The van der Waals surface area contributed by atoms with Crippen molar-refractivity contribution in [1.82, 2.24) is 14.4 Å². The van der Waals surface area contributed by atoms with Crippen LogP contribution in [0.15, 0.2) is 78.4 Å². The number of nitrogens with zero attached hydrogens (tertiary/aromatic N) is 4. The Morgan fingerprint density at radius 3 is 2.02 bits per heavy atom. The van der Waals surface area contributed by atoms with Crippen LogP contribution in [0.3, 0.4) is 0 Å². The van der Waals surface area contributed by atoms with Crippen LogP contribution in [-0.4, -0.2) is 85.6 Å². The molecule has 0 bridgehead atoms. The molecule has 1 heterocycles. The third-order valence-electron chi connectivity index (χ3n) is 7.31. The number of aliphatic carboxylic acids is 3. The van der Waals surface area contributed by atoms with Crippen LogP contribution in [0.1, 0.15) is 31.2 Å². The summed E-state index contributed by atoms with van der Waals surface area (Å²) in [5.41, 5.74) is 3.13. The summed E-state index contributed by atoms with van der Waals surface area (Å²) in [6.45, 7) is -2.48. The first-order chi connectivity index (χ1) is 22.1. The minimum atomic E-state index is -1.43. The SMILES string of the molecule is N#CC(=Cc1ccc2c(c1)c1ccccc1n2-c1ccccc1)C(=O)N(CCCCCC(=O)O)CC(=O)N(CC(=O)O)CC(=O)O. The molecule has 0 atom stereocenters. The molecule has 12 nitrogen and oxygen atoms in total. The fourth-order valence-electron chi connectivity index (χ4n) is 5.24. The molecule has 0 saturated heterocycles. The third-order valence-corrected chi connectivity index (χ3v) is 7.31. The number of carbonyl (C=O) groups excluding carboxylic acids is 2. The first-order valence-electron chi connectivity index (χ1n) is 14.5. The van der Waals surface area contributed by atoms with E-state index in [1.807, 2.05) is 72.8 Å². The third kappa shape index (κ3) is 8.15. The van der Waals surface area contributed by atoms with E-state index >= 15 is 0 Å². The van der Waals surface area contributed by atoms with Gasteiger partial charge >= 0.3 is 17.9 Å². The van der Waals surface area contributed by atoms with Crippen LogP contribution in [0.25, 0.3) is 33.6 Å². The first-order valence-corrected chi connectivity index (χ1v) is 14.5. The van der Waals surface area contributed by atoms with E-state index < -0.39 is 49.4 Å². The molecule has 0 spiro atoms. The van der Waals surface area contributed by atoms with Gasteiger partial charge in [0.1, 0.15) is 31.3 Å². The van der Waals surface area contributed by atoms with Crippen molar-refractivity contribution in [3.05, 3.63) is 83.9 Å². The van der Waals surface area contributed by atoms with Gasteiger partial charge in [-0.3, -0.25) is 24.0 Å². The number of unbranched alkanes of at least 4 members (excludes halogenated alkanes) is 2. The van der Waals surface area contributed by atoms with Gasteiger partial charge in [0.05, 0.1) is 11.0 Å². The van der Waals surface area contributed by atoms with Crippen molar-refractivity contribution in [3.63, 3.8) is 0 Å². The van der Waals surface area contributed by atoms with E-state index in [1.54, 1.807) is 6.07 Å². The summed E-state index contributed by atoms with van der Waals surface area (Å²) in [5.74, 6) is -5.55. The summed E-state index contributed by atoms with van der Waals surface area (Å²) < 4.78 is 2.12. The lowest BCUT2D eigenvalue weighted by Crippen LogP contribution is -2.47. The predicted octanol–water partition coefficient (Wildman–Crippen LogP) is 4.16. The molecule has 0 unspecified atom stereocenters. The van der Waals surface area contributed by atoms with E-state index in [9.17, 15) is 29.2 Å². The fraction of sp³-hybridized carbons (Fsp3) is 0.235. The van der Waals surface area contributed by atoms with Crippen molar-refractivity contribution in [2.45, 2.75) is 25.7 Å². The van der Waals surface area contributed by atoms with E-state index in [-0.39, 0.29) is 18.5 Å². The normalized spacial score (nSPS) is 11.2. The zero-order valence-corrected chi connectivity index (χ0v) is 24.8. The van der Waals surface area contributed by atoms with E-state index in [2.05, 4.69) is 4.57 Å². The molecule has 1 aromatic heterocycles. The second-order valence-corrected chi connectivity index (χ2v) is 10.6. The largest absolute Gasteiger partial charge is 0.481 e. The van der Waals surface area contributed by atoms with Crippen molar-refractivity contribution >= 4 is 57.6 Å². The maximum Gasteiger partial charge on any atom is 0.323 e. The second-order valence-electron chi connectivity index (χ2n) is 10.6. The maximum atomic E-state index is 13.7. The number of carboxylic acid groups (broad SMARTS) is 3. The van der Waals surface area contributed by atoms with Crippen LogP contribution in [-0.2, 0) is 24.0 Å². The van der Waals surface area contributed by atoms with Gasteiger partial charge in [-0.2, -0.15) is 5.26 Å². The highest BCUT2D eigenvalue weighted by atomic mass is 16.4. The Labute approximate surface area is 264 Å². The highest BCUT2D eigenvalue weighted by Crippen LogP contribution is 2.33. The number of amides is 2. The Hall–Kier alpha value is -5.96. The summed E-state index contributed by atoms with van der Waals surface area (Å²) in [6.07, 6.45) is 2.36. The highest BCUT2D eigenvalue weighted by molar-refractivity contribution is 6.10. The van der Waals surface area contributed by atoms with Gasteiger partial charge < -0.3 is 29.7 Å². The molecule has 46 heavy (non-hydrogen) atoms. The van der Waals surface area contributed by atoms with Gasteiger partial charge in [0.2, 0.25) is 5.91 Å². The highest BCUT2D eigenvalue weighted by Gasteiger charge is 2.26. The van der Waals surface area contributed by atoms with Crippen LogP contribution in [0.4, 0.5) is 0 Å². The van der Waals surface area contributed by atoms with Crippen molar-refractivity contribution in [3.8, 4) is 11.8 Å². The van der Waals surface area contributed by atoms with Crippen molar-refractivity contribution in [2.75, 3.05) is 26.2 Å². The van der Waals surface area contributed by atoms with Crippen LogP contribution in [0, 0.1) is 11.3 Å². The molecule has 3 aromatic carbocycles. The average Bonchev–Trinajstić information content (AvgIpc) is 3.35. The van der Waals surface area contributed by atoms with E-state index in [4.69, 9.17) is 15.3 Å². The van der Waals surface area contributed by atoms with Gasteiger partial charge in [0, 0.05) is 29.4 Å². The number of aromatic nitrogens is 1. The maximum absolute atomic E-state index is 13.7. The molecular formula is C34H32N4O8. The molecule has 2 amide bonds. The number of carboxylic acids is 3. The van der Waals surface area contributed by atoms with Gasteiger partial charge in [-0.05, 0) is 54.8 Å². The minimum absolute atomic E-state index is 0.0409. The number of rotatable bonds is 15. The number of carbonyl (C=O) groups is 5. The summed E-state index contributed by atoms with van der Waals surface area (Å²) in [6, 6.07) is 25.1. The molecule has 3 N–H and O–H groups in total. The van der Waals surface area contributed by atoms with E-state index in [1.165, 1.54) is 6.08 Å². The minimum Gasteiger partial charge on any atom is -0.481 e. The Kier molecular flexibility index (Phi) is 10.9. The van der Waals surface area contributed by atoms with E-state index in [0.717, 1.165) is 32.4 Å². The molecule has 0 radical (unpaired) electrons. The van der Waals surface area contributed by atoms with Crippen molar-refractivity contribution in [2.24, 2.45) is 0 Å². The number of benzene rings is 3. The molecule has 0 fully saturated rings. The Balaban J connectivity index is 1.67. The smallest absolute Gasteiger partial charge is 0.323 e. The lowest BCUT2D eigenvalue weighted by atomic mass is 10.1. The molecule has 0 aliphatic heterocycles. The first kappa shape index (κ1) is 32.9. The molecule has 4 aromatic rings. The van der Waals surface area contributed by atoms with Crippen LogP contribution >= 0.6 is 0 Å². The van der Waals surface area contributed by atoms with Crippen LogP contribution in [0.5, 0.6) is 0 Å². The number of para-hydroxylation sites is 2. The number of nitriles is 1. The number of hydrogen-bond donors (Lipinski definition) is 3. The molecule has 0 saturated carbocycles. The lowest BCUT2D eigenvalue weighted by molar-refractivity contribution is -0.150. The van der Waals surface area contributed by atoms with Crippen molar-refractivity contribution in [1.29, 1.82) is 5.26 Å². The zero-order chi connectivity index (χ0) is 33.2. The van der Waals surface area contributed by atoms with Gasteiger partial charge in [0.15, 0.2) is 0 Å². The lowest BCUT2D eigenvalue weighted by Gasteiger charge is -2.26. The van der Waals surface area contributed by atoms with Gasteiger partial charge in [-0.25, -0.2) is 0 Å². The van der Waals surface area contributed by atoms with Crippen LogP contribution < -0.4 is 0 Å². The monoisotopic (exact) mass is 624 g/mol. The van der Waals surface area contributed by atoms with E-state index in [0.29, 0.717) is 29.7 Å². The van der Waals surface area contributed by atoms with Gasteiger partial charge in [0.25, 0.3) is 5.91 Å². The molecule has 4 rings (SSSR count). The fourth-order valence-corrected chi connectivity index (χ4v) is 5.24. The average molecular weight is 625 g/mol. The standard InChI is InChI=1S/C34H32N4O8/c35-19-24(34(46)36(16-8-2-5-13-31(40)41)20-30(39)37(21-32(42)43)22-33(44)45)17-23-14-15-29-27(18-23)26-11-6-7-12-28(26)38(29)25-9-3-1-4-10-25/h1,3-4,6-7,9-12,14-15,17-18H,2,5,8,13,16,20-22H2,(H,40,41)(H,42,43)(H,44,45). The number of hydrogen-bond acceptors (Lipinski definition) is 6. The van der Waals surface area contributed by atoms with Gasteiger partial charge in [-0.1, -0.05) is 48.9 Å². The summed E-state index contributed by atoms with van der Waals surface area (Å²) in [5, 5.41) is 39.1. The molecule has 12 heteroatoms. The topological polar surface area (TPSA) is 181 Å². The Morgan fingerprint density at radius 2 is 1.37 bits per heavy atom.